The number of hydrogen-bond donors (Lipinski definition) is 2. The molecule has 2 N–H and O–H groups in total. The maximum absolute atomic E-state index is 4.72. The van der Waals surface area contributed by atoms with E-state index in [2.05, 4.69) is 60.2 Å². The quantitative estimate of drug-likeness (QED) is 0.374. The smallest absolute Gasteiger partial charge is 0.191 e. The molecule has 0 spiro atoms. The van der Waals surface area contributed by atoms with Gasteiger partial charge in [0.15, 0.2) is 11.8 Å². The Bertz CT molecular complexity index is 699. The van der Waals surface area contributed by atoms with Gasteiger partial charge in [0, 0.05) is 50.3 Å². The molecular weight excluding hydrogens is 350 g/mol. The average molecular weight is 386 g/mol. The highest BCUT2D eigenvalue weighted by molar-refractivity contribution is 5.79. The van der Waals surface area contributed by atoms with Crippen molar-refractivity contribution < 1.29 is 0 Å². The fourth-order valence-electron chi connectivity index (χ4n) is 3.18. The Labute approximate surface area is 169 Å². The van der Waals surface area contributed by atoms with Crippen LogP contribution in [0.15, 0.2) is 41.8 Å². The summed E-state index contributed by atoms with van der Waals surface area (Å²) in [5, 5.41) is 11.0. The average Bonchev–Trinajstić information content (AvgIpc) is 3.20. The fourth-order valence-corrected chi connectivity index (χ4v) is 3.18. The molecule has 0 bridgehead atoms. The van der Waals surface area contributed by atoms with Crippen LogP contribution in [0.25, 0.3) is 5.82 Å². The van der Waals surface area contributed by atoms with Gasteiger partial charge in [0.25, 0.3) is 0 Å². The van der Waals surface area contributed by atoms with Gasteiger partial charge in [0.05, 0.1) is 6.54 Å². The van der Waals surface area contributed by atoms with Crippen LogP contribution in [0.2, 0.25) is 0 Å². The van der Waals surface area contributed by atoms with Gasteiger partial charge in [-0.15, -0.1) is 0 Å². The maximum Gasteiger partial charge on any atom is 0.191 e. The molecule has 2 aromatic rings. The van der Waals surface area contributed by atoms with E-state index in [4.69, 9.17) is 4.99 Å². The molecular formula is C21H35N7. The van der Waals surface area contributed by atoms with E-state index in [-0.39, 0.29) is 0 Å². The largest absolute Gasteiger partial charge is 0.357 e. The summed E-state index contributed by atoms with van der Waals surface area (Å²) < 4.78 is 1.76. The van der Waals surface area contributed by atoms with Crippen LogP contribution < -0.4 is 10.6 Å². The molecule has 0 aliphatic carbocycles. The first-order chi connectivity index (χ1) is 13.5. The zero-order valence-corrected chi connectivity index (χ0v) is 17.9. The van der Waals surface area contributed by atoms with E-state index in [9.17, 15) is 0 Å². The van der Waals surface area contributed by atoms with Crippen LogP contribution in [0.1, 0.15) is 46.6 Å². The van der Waals surface area contributed by atoms with Gasteiger partial charge < -0.3 is 10.6 Å². The lowest BCUT2D eigenvalue weighted by molar-refractivity contribution is 0.173. The zero-order chi connectivity index (χ0) is 20.4. The Morgan fingerprint density at radius 1 is 1.18 bits per heavy atom. The molecule has 2 aromatic heterocycles. The molecule has 7 heteroatoms. The van der Waals surface area contributed by atoms with Crippen molar-refractivity contribution in [2.45, 2.75) is 59.7 Å². The first kappa shape index (κ1) is 21.9. The molecule has 154 valence electrons. The summed E-state index contributed by atoms with van der Waals surface area (Å²) >= 11 is 0. The van der Waals surface area contributed by atoms with Gasteiger partial charge in [-0.1, -0.05) is 0 Å². The monoisotopic (exact) mass is 385 g/mol. The number of aliphatic imine (C=N–C) groups is 1. The molecule has 2 heterocycles. The van der Waals surface area contributed by atoms with Crippen LogP contribution in [0.4, 0.5) is 0 Å². The number of nitrogens with zero attached hydrogens (tertiary/aromatic N) is 5. The van der Waals surface area contributed by atoms with Gasteiger partial charge in [0.1, 0.15) is 0 Å². The minimum absolute atomic E-state index is 0.567. The summed E-state index contributed by atoms with van der Waals surface area (Å²) in [6.07, 6.45) is 6.52. The Morgan fingerprint density at radius 3 is 2.61 bits per heavy atom. The van der Waals surface area contributed by atoms with Gasteiger partial charge in [-0.2, -0.15) is 5.10 Å². The second-order valence-electron chi connectivity index (χ2n) is 7.37. The Balaban J connectivity index is 1.89. The van der Waals surface area contributed by atoms with Crippen molar-refractivity contribution in [2.24, 2.45) is 4.99 Å². The number of pyridine rings is 1. The van der Waals surface area contributed by atoms with E-state index >= 15 is 0 Å². The molecule has 0 aromatic carbocycles. The maximum atomic E-state index is 4.72. The van der Waals surface area contributed by atoms with Crippen molar-refractivity contribution >= 4 is 5.96 Å². The van der Waals surface area contributed by atoms with Crippen LogP contribution in [0.5, 0.6) is 0 Å². The third-order valence-corrected chi connectivity index (χ3v) is 4.53. The van der Waals surface area contributed by atoms with Gasteiger partial charge in [-0.25, -0.2) is 14.7 Å². The van der Waals surface area contributed by atoms with E-state index in [1.54, 1.807) is 17.1 Å². The molecule has 0 saturated carbocycles. The number of rotatable bonds is 10. The molecule has 0 aliphatic heterocycles. The number of guanidine groups is 1. The Kier molecular flexibility index (Phi) is 8.94. The molecule has 0 atom stereocenters. The van der Waals surface area contributed by atoms with Crippen molar-refractivity contribution in [2.75, 3.05) is 19.6 Å². The second kappa shape index (κ2) is 11.4. The summed E-state index contributed by atoms with van der Waals surface area (Å²) in [6, 6.07) is 7.03. The highest BCUT2D eigenvalue weighted by Crippen LogP contribution is 2.08. The highest BCUT2D eigenvalue weighted by Gasteiger charge is 2.12. The predicted molar refractivity (Wildman–Crippen MR) is 116 cm³/mol. The van der Waals surface area contributed by atoms with Crippen LogP contribution in [0, 0.1) is 0 Å². The van der Waals surface area contributed by atoms with Crippen molar-refractivity contribution in [1.82, 2.24) is 30.3 Å². The van der Waals surface area contributed by atoms with E-state index in [0.717, 1.165) is 43.4 Å². The minimum atomic E-state index is 0.567. The van der Waals surface area contributed by atoms with Crippen LogP contribution >= 0.6 is 0 Å². The standard InChI is InChI=1S/C21H35N7/c1-6-22-21(24-10-7-13-27(17(2)3)18(4)5)25-16-19-9-12-23-20(15-19)28-14-8-11-26-28/h8-9,11-12,14-15,17-18H,6-7,10,13,16H2,1-5H3,(H2,22,24,25). The van der Waals surface area contributed by atoms with Crippen LogP contribution in [0.3, 0.4) is 0 Å². The first-order valence-corrected chi connectivity index (χ1v) is 10.2. The van der Waals surface area contributed by atoms with E-state index in [1.807, 2.05) is 24.4 Å². The van der Waals surface area contributed by atoms with E-state index in [0.29, 0.717) is 18.6 Å². The third-order valence-electron chi connectivity index (χ3n) is 4.53. The fraction of sp³-hybridized carbons (Fsp3) is 0.571. The van der Waals surface area contributed by atoms with Crippen molar-refractivity contribution in [1.29, 1.82) is 0 Å². The number of nitrogens with one attached hydrogen (secondary N) is 2. The first-order valence-electron chi connectivity index (χ1n) is 10.2. The highest BCUT2D eigenvalue weighted by atomic mass is 15.3. The second-order valence-corrected chi connectivity index (χ2v) is 7.37. The Morgan fingerprint density at radius 2 is 1.96 bits per heavy atom. The van der Waals surface area contributed by atoms with Crippen molar-refractivity contribution in [3.05, 3.63) is 42.4 Å². The summed E-state index contributed by atoms with van der Waals surface area (Å²) in [4.78, 5) is 11.6. The SMILES string of the molecule is CCNC(=NCc1ccnc(-n2cccn2)c1)NCCCN(C(C)C)C(C)C. The predicted octanol–water partition coefficient (Wildman–Crippen LogP) is 2.83. The third kappa shape index (κ3) is 6.96. The molecule has 0 radical (unpaired) electrons. The molecule has 0 unspecified atom stereocenters. The van der Waals surface area contributed by atoms with E-state index < -0.39 is 0 Å². The molecule has 28 heavy (non-hydrogen) atoms. The summed E-state index contributed by atoms with van der Waals surface area (Å²) in [6.45, 7) is 14.5. The summed E-state index contributed by atoms with van der Waals surface area (Å²) in [5.74, 6) is 1.65. The number of aromatic nitrogens is 3. The van der Waals surface area contributed by atoms with Crippen molar-refractivity contribution in [3.63, 3.8) is 0 Å². The zero-order valence-electron chi connectivity index (χ0n) is 17.9. The van der Waals surface area contributed by atoms with Crippen LogP contribution in [-0.4, -0.2) is 57.3 Å². The Hall–Kier alpha value is -2.41. The molecule has 0 fully saturated rings. The topological polar surface area (TPSA) is 70.4 Å². The molecule has 0 aliphatic rings. The lowest BCUT2D eigenvalue weighted by Crippen LogP contribution is -2.41. The van der Waals surface area contributed by atoms with E-state index in [1.165, 1.54) is 0 Å². The van der Waals surface area contributed by atoms with Gasteiger partial charge in [0.2, 0.25) is 0 Å². The molecule has 7 nitrogen and oxygen atoms in total. The van der Waals surface area contributed by atoms with Gasteiger partial charge in [-0.3, -0.25) is 4.90 Å². The number of hydrogen-bond acceptors (Lipinski definition) is 4. The van der Waals surface area contributed by atoms with Gasteiger partial charge >= 0.3 is 0 Å². The van der Waals surface area contributed by atoms with Crippen molar-refractivity contribution in [3.8, 4) is 5.82 Å². The lowest BCUT2D eigenvalue weighted by Gasteiger charge is -2.30. The van der Waals surface area contributed by atoms with Crippen LogP contribution in [-0.2, 0) is 6.54 Å². The lowest BCUT2D eigenvalue weighted by atomic mass is 10.2. The summed E-state index contributed by atoms with van der Waals surface area (Å²) in [7, 11) is 0. The molecule has 0 amide bonds. The molecule has 0 saturated heterocycles. The normalized spacial score (nSPS) is 12.2. The molecule has 2 rings (SSSR count). The summed E-state index contributed by atoms with van der Waals surface area (Å²) in [5.41, 5.74) is 1.10. The van der Waals surface area contributed by atoms with Gasteiger partial charge in [-0.05, 0) is 64.8 Å². The minimum Gasteiger partial charge on any atom is -0.357 e.